The van der Waals surface area contributed by atoms with Gasteiger partial charge in [-0.1, -0.05) is 30.3 Å². The van der Waals surface area contributed by atoms with E-state index in [1.807, 2.05) is 43.5 Å². The van der Waals surface area contributed by atoms with Crippen LogP contribution in [0.2, 0.25) is 0 Å². The van der Waals surface area contributed by atoms with E-state index in [0.29, 0.717) is 13.0 Å². The highest BCUT2D eigenvalue weighted by Crippen LogP contribution is 2.01. The maximum Gasteiger partial charge on any atom is 0.315 e. The number of carbonyl (C=O) groups is 1. The van der Waals surface area contributed by atoms with Gasteiger partial charge < -0.3 is 10.6 Å². The molecule has 0 aromatic heterocycles. The zero-order valence-corrected chi connectivity index (χ0v) is 9.19. The summed E-state index contributed by atoms with van der Waals surface area (Å²) in [7, 11) is 0. The molecular weight excluding hydrogens is 204 g/mol. The Bertz CT molecular complexity index is 338. The average Bonchev–Trinajstić information content (AvgIpc) is 2.30. The normalized spacial score (nSPS) is 11.6. The topological polar surface area (TPSA) is 58.2 Å². The molecule has 0 aliphatic rings. The molecule has 0 saturated heterocycles. The predicted molar refractivity (Wildman–Crippen MR) is 61.8 cm³/mol. The van der Waals surface area contributed by atoms with Gasteiger partial charge in [-0.2, -0.15) is 0 Å². The SMILES string of the molecule is CCNC(=O)N[C@@H]([C]=O)Cc1ccccc1. The van der Waals surface area contributed by atoms with Crippen molar-refractivity contribution in [1.29, 1.82) is 0 Å². The van der Waals surface area contributed by atoms with Crippen LogP contribution in [0.25, 0.3) is 0 Å². The van der Waals surface area contributed by atoms with Crippen LogP contribution in [0, 0.1) is 0 Å². The average molecular weight is 219 g/mol. The van der Waals surface area contributed by atoms with Gasteiger partial charge in [0.15, 0.2) is 0 Å². The third-order valence-corrected chi connectivity index (χ3v) is 2.07. The summed E-state index contributed by atoms with van der Waals surface area (Å²) in [6, 6.07) is 8.56. The second-order valence-corrected chi connectivity index (χ2v) is 3.36. The van der Waals surface area contributed by atoms with Crippen molar-refractivity contribution < 1.29 is 9.59 Å². The first-order valence-corrected chi connectivity index (χ1v) is 5.22. The van der Waals surface area contributed by atoms with Gasteiger partial charge in [0.25, 0.3) is 0 Å². The van der Waals surface area contributed by atoms with Gasteiger partial charge in [0.2, 0.25) is 6.29 Å². The Labute approximate surface area is 95.0 Å². The lowest BCUT2D eigenvalue weighted by molar-refractivity contribution is 0.239. The van der Waals surface area contributed by atoms with E-state index in [1.54, 1.807) is 0 Å². The molecule has 0 fully saturated rings. The minimum absolute atomic E-state index is 0.341. The van der Waals surface area contributed by atoms with Crippen molar-refractivity contribution in [1.82, 2.24) is 10.6 Å². The van der Waals surface area contributed by atoms with Crippen LogP contribution < -0.4 is 10.6 Å². The summed E-state index contributed by atoms with van der Waals surface area (Å²) in [5.41, 5.74) is 0.993. The number of hydrogen-bond acceptors (Lipinski definition) is 2. The Hall–Kier alpha value is -1.84. The van der Waals surface area contributed by atoms with Gasteiger partial charge in [-0.3, -0.25) is 4.79 Å². The van der Waals surface area contributed by atoms with Gasteiger partial charge in [0.1, 0.15) is 6.04 Å². The molecular formula is C12H15N2O2. The van der Waals surface area contributed by atoms with E-state index in [2.05, 4.69) is 10.6 Å². The Morgan fingerprint density at radius 2 is 2.06 bits per heavy atom. The molecule has 1 rings (SSSR count). The number of rotatable bonds is 5. The van der Waals surface area contributed by atoms with Crippen molar-refractivity contribution >= 4 is 12.3 Å². The van der Waals surface area contributed by atoms with Gasteiger partial charge in [-0.15, -0.1) is 0 Å². The van der Waals surface area contributed by atoms with Gasteiger partial charge >= 0.3 is 6.03 Å². The van der Waals surface area contributed by atoms with Crippen LogP contribution in [0.4, 0.5) is 4.79 Å². The molecule has 0 aliphatic heterocycles. The standard InChI is InChI=1S/C12H15N2O2/c1-2-13-12(16)14-11(9-15)8-10-6-4-3-5-7-10/h3-7,11H,2,8H2,1H3,(H2,13,14,16)/t11-/m1/s1. The molecule has 2 N–H and O–H groups in total. The molecule has 4 nitrogen and oxygen atoms in total. The van der Waals surface area contributed by atoms with Crippen molar-refractivity contribution in [3.8, 4) is 0 Å². The monoisotopic (exact) mass is 219 g/mol. The van der Waals surface area contributed by atoms with Gasteiger partial charge in [0, 0.05) is 13.0 Å². The summed E-state index contributed by atoms with van der Waals surface area (Å²) in [5, 5.41) is 5.11. The molecule has 1 atom stereocenters. The van der Waals surface area contributed by atoms with Gasteiger partial charge in [-0.25, -0.2) is 4.79 Å². The largest absolute Gasteiger partial charge is 0.338 e. The number of carbonyl (C=O) groups excluding carboxylic acids is 2. The third-order valence-electron chi connectivity index (χ3n) is 2.07. The minimum atomic E-state index is -0.603. The minimum Gasteiger partial charge on any atom is -0.338 e. The van der Waals surface area contributed by atoms with E-state index in [4.69, 9.17) is 0 Å². The number of nitrogens with one attached hydrogen (secondary N) is 2. The highest BCUT2D eigenvalue weighted by molar-refractivity contribution is 5.78. The maximum atomic E-state index is 11.2. The van der Waals surface area contributed by atoms with Gasteiger partial charge in [0.05, 0.1) is 0 Å². The summed E-state index contributed by atoms with van der Waals surface area (Å²) in [5.74, 6) is 0. The Morgan fingerprint density at radius 1 is 1.38 bits per heavy atom. The van der Waals surface area contributed by atoms with Crippen LogP contribution in [0.15, 0.2) is 30.3 Å². The molecule has 0 saturated carbocycles. The van der Waals surface area contributed by atoms with Crippen LogP contribution in [0.5, 0.6) is 0 Å². The van der Waals surface area contributed by atoms with E-state index in [9.17, 15) is 9.59 Å². The smallest absolute Gasteiger partial charge is 0.315 e. The lowest BCUT2D eigenvalue weighted by atomic mass is 10.1. The molecule has 0 spiro atoms. The molecule has 0 heterocycles. The van der Waals surface area contributed by atoms with Crippen LogP contribution in [-0.4, -0.2) is 24.9 Å². The summed E-state index contributed by atoms with van der Waals surface area (Å²) in [6.07, 6.45) is 2.28. The summed E-state index contributed by atoms with van der Waals surface area (Å²) >= 11 is 0. The molecule has 0 aliphatic carbocycles. The lowest BCUT2D eigenvalue weighted by Crippen LogP contribution is -2.43. The van der Waals surface area contributed by atoms with E-state index in [1.165, 1.54) is 0 Å². The molecule has 1 aromatic carbocycles. The molecule has 1 aromatic rings. The fraction of sp³-hybridized carbons (Fsp3) is 0.333. The second-order valence-electron chi connectivity index (χ2n) is 3.36. The summed E-state index contributed by atoms with van der Waals surface area (Å²) < 4.78 is 0. The Morgan fingerprint density at radius 3 is 2.62 bits per heavy atom. The first kappa shape index (κ1) is 12.2. The van der Waals surface area contributed by atoms with Crippen molar-refractivity contribution in [2.24, 2.45) is 0 Å². The first-order valence-electron chi connectivity index (χ1n) is 5.22. The zero-order chi connectivity index (χ0) is 11.8. The lowest BCUT2D eigenvalue weighted by Gasteiger charge is -2.12. The van der Waals surface area contributed by atoms with Crippen LogP contribution in [-0.2, 0) is 11.2 Å². The van der Waals surface area contributed by atoms with Crippen molar-refractivity contribution in [2.75, 3.05) is 6.54 Å². The summed E-state index contributed by atoms with van der Waals surface area (Å²) in [6.45, 7) is 2.35. The third kappa shape index (κ3) is 4.13. The van der Waals surface area contributed by atoms with Crippen molar-refractivity contribution in [3.05, 3.63) is 35.9 Å². The molecule has 16 heavy (non-hydrogen) atoms. The van der Waals surface area contributed by atoms with Crippen LogP contribution >= 0.6 is 0 Å². The molecule has 2 amide bonds. The van der Waals surface area contributed by atoms with E-state index >= 15 is 0 Å². The molecule has 0 bridgehead atoms. The van der Waals surface area contributed by atoms with E-state index in [0.717, 1.165) is 5.56 Å². The Balaban J connectivity index is 2.49. The van der Waals surface area contributed by atoms with Crippen molar-refractivity contribution in [3.63, 3.8) is 0 Å². The highest BCUT2D eigenvalue weighted by atomic mass is 16.2. The van der Waals surface area contributed by atoms with E-state index in [-0.39, 0.29) is 6.03 Å². The van der Waals surface area contributed by atoms with Crippen molar-refractivity contribution in [2.45, 2.75) is 19.4 Å². The molecule has 0 unspecified atom stereocenters. The molecule has 4 heteroatoms. The van der Waals surface area contributed by atoms with Crippen LogP contribution in [0.1, 0.15) is 12.5 Å². The number of amides is 2. The number of urea groups is 1. The maximum absolute atomic E-state index is 11.2. The Kier molecular flexibility index (Phi) is 5.05. The zero-order valence-electron chi connectivity index (χ0n) is 9.19. The van der Waals surface area contributed by atoms with Gasteiger partial charge in [-0.05, 0) is 12.5 Å². The molecule has 1 radical (unpaired) electrons. The summed E-state index contributed by atoms with van der Waals surface area (Å²) in [4.78, 5) is 21.9. The highest BCUT2D eigenvalue weighted by Gasteiger charge is 2.11. The number of benzene rings is 1. The van der Waals surface area contributed by atoms with Crippen LogP contribution in [0.3, 0.4) is 0 Å². The fourth-order valence-corrected chi connectivity index (χ4v) is 1.34. The predicted octanol–water partition coefficient (Wildman–Crippen LogP) is 1.03. The second kappa shape index (κ2) is 6.61. The van der Waals surface area contributed by atoms with E-state index < -0.39 is 6.04 Å². The quantitative estimate of drug-likeness (QED) is 0.777. The molecule has 85 valence electrons. The first-order chi connectivity index (χ1) is 7.76. The fourth-order valence-electron chi connectivity index (χ4n) is 1.34. The number of hydrogen-bond donors (Lipinski definition) is 2.